The van der Waals surface area contributed by atoms with Crippen LogP contribution in [0.4, 0.5) is 10.1 Å². The van der Waals surface area contributed by atoms with E-state index >= 15 is 0 Å². The molecule has 98 valence electrons. The number of carboxylic acids is 1. The predicted octanol–water partition coefficient (Wildman–Crippen LogP) is 3.15. The molecule has 1 aromatic carbocycles. The zero-order chi connectivity index (χ0) is 13.1. The average Bonchev–Trinajstić information content (AvgIpc) is 2.81. The van der Waals surface area contributed by atoms with Crippen LogP contribution < -0.4 is 4.90 Å². The number of nitrogens with zero attached hydrogens (tertiary/aromatic N) is 1. The fourth-order valence-electron chi connectivity index (χ4n) is 2.75. The van der Waals surface area contributed by atoms with E-state index in [0.29, 0.717) is 5.92 Å². The molecule has 0 atom stereocenters. The SMILES string of the molecule is CN(CC1CCCC1)c1c(F)cccc1C(=O)O. The molecule has 4 heteroatoms. The minimum atomic E-state index is -1.08. The molecule has 1 fully saturated rings. The van der Waals surface area contributed by atoms with E-state index < -0.39 is 11.8 Å². The van der Waals surface area contributed by atoms with Crippen LogP contribution in [0.5, 0.6) is 0 Å². The number of halogens is 1. The van der Waals surface area contributed by atoms with Gasteiger partial charge in [-0.15, -0.1) is 0 Å². The Balaban J connectivity index is 2.22. The van der Waals surface area contributed by atoms with Crippen molar-refractivity contribution in [3.8, 4) is 0 Å². The highest BCUT2D eigenvalue weighted by molar-refractivity contribution is 5.94. The first-order chi connectivity index (χ1) is 8.59. The summed E-state index contributed by atoms with van der Waals surface area (Å²) < 4.78 is 13.8. The molecule has 0 radical (unpaired) electrons. The molecule has 1 aliphatic rings. The van der Waals surface area contributed by atoms with Crippen molar-refractivity contribution in [3.63, 3.8) is 0 Å². The van der Waals surface area contributed by atoms with Crippen LogP contribution in [0.25, 0.3) is 0 Å². The lowest BCUT2D eigenvalue weighted by atomic mass is 10.1. The molecule has 0 unspecified atom stereocenters. The van der Waals surface area contributed by atoms with E-state index in [9.17, 15) is 9.18 Å². The van der Waals surface area contributed by atoms with Crippen molar-refractivity contribution in [1.29, 1.82) is 0 Å². The normalized spacial score (nSPS) is 15.9. The third-order valence-electron chi connectivity index (χ3n) is 3.61. The summed E-state index contributed by atoms with van der Waals surface area (Å²) in [5, 5.41) is 9.11. The number of hydrogen-bond acceptors (Lipinski definition) is 2. The highest BCUT2D eigenvalue weighted by Crippen LogP contribution is 2.29. The largest absolute Gasteiger partial charge is 0.478 e. The van der Waals surface area contributed by atoms with Crippen molar-refractivity contribution in [2.24, 2.45) is 5.92 Å². The Morgan fingerprint density at radius 2 is 2.11 bits per heavy atom. The first kappa shape index (κ1) is 12.9. The highest BCUT2D eigenvalue weighted by atomic mass is 19.1. The molecule has 0 aliphatic heterocycles. The van der Waals surface area contributed by atoms with Crippen molar-refractivity contribution < 1.29 is 14.3 Å². The Bertz CT molecular complexity index is 441. The van der Waals surface area contributed by atoms with Gasteiger partial charge in [0.15, 0.2) is 0 Å². The van der Waals surface area contributed by atoms with E-state index in [4.69, 9.17) is 5.11 Å². The summed E-state index contributed by atoms with van der Waals surface area (Å²) in [6.07, 6.45) is 4.76. The van der Waals surface area contributed by atoms with Gasteiger partial charge in [-0.2, -0.15) is 0 Å². The van der Waals surface area contributed by atoms with Gasteiger partial charge in [0.1, 0.15) is 5.82 Å². The number of carbonyl (C=O) groups is 1. The molecule has 1 saturated carbocycles. The van der Waals surface area contributed by atoms with E-state index in [1.165, 1.54) is 31.0 Å². The lowest BCUT2D eigenvalue weighted by Crippen LogP contribution is -2.26. The summed E-state index contributed by atoms with van der Waals surface area (Å²) in [6, 6.07) is 4.20. The van der Waals surface area contributed by atoms with Crippen molar-refractivity contribution >= 4 is 11.7 Å². The second-order valence-electron chi connectivity index (χ2n) is 4.97. The maximum atomic E-state index is 13.8. The van der Waals surface area contributed by atoms with Gasteiger partial charge in [-0.3, -0.25) is 0 Å². The third-order valence-corrected chi connectivity index (χ3v) is 3.61. The topological polar surface area (TPSA) is 40.5 Å². The minimum Gasteiger partial charge on any atom is -0.478 e. The lowest BCUT2D eigenvalue weighted by molar-refractivity contribution is 0.0697. The summed E-state index contributed by atoms with van der Waals surface area (Å²) in [5.41, 5.74) is 0.243. The van der Waals surface area contributed by atoms with E-state index in [-0.39, 0.29) is 11.3 Å². The number of hydrogen-bond donors (Lipinski definition) is 1. The van der Waals surface area contributed by atoms with Gasteiger partial charge in [0.05, 0.1) is 11.3 Å². The molecular weight excluding hydrogens is 233 g/mol. The number of para-hydroxylation sites is 1. The van der Waals surface area contributed by atoms with Gasteiger partial charge < -0.3 is 10.0 Å². The van der Waals surface area contributed by atoms with Crippen molar-refractivity contribution in [3.05, 3.63) is 29.6 Å². The molecule has 0 amide bonds. The Kier molecular flexibility index (Phi) is 3.84. The Morgan fingerprint density at radius 3 is 2.72 bits per heavy atom. The molecule has 2 rings (SSSR count). The number of aromatic carboxylic acids is 1. The van der Waals surface area contributed by atoms with Crippen LogP contribution in [0.15, 0.2) is 18.2 Å². The van der Waals surface area contributed by atoms with Gasteiger partial charge in [0.2, 0.25) is 0 Å². The van der Waals surface area contributed by atoms with Crippen molar-refractivity contribution in [1.82, 2.24) is 0 Å². The second kappa shape index (κ2) is 5.38. The van der Waals surface area contributed by atoms with Crippen LogP contribution in [-0.2, 0) is 0 Å². The second-order valence-corrected chi connectivity index (χ2v) is 4.97. The fraction of sp³-hybridized carbons (Fsp3) is 0.500. The molecule has 1 N–H and O–H groups in total. The summed E-state index contributed by atoms with van der Waals surface area (Å²) >= 11 is 0. The quantitative estimate of drug-likeness (QED) is 0.893. The summed E-state index contributed by atoms with van der Waals surface area (Å²) in [5.74, 6) is -0.991. The molecule has 0 heterocycles. The number of rotatable bonds is 4. The Hall–Kier alpha value is -1.58. The molecular formula is C14H18FNO2. The average molecular weight is 251 g/mol. The van der Waals surface area contributed by atoms with Crippen LogP contribution in [-0.4, -0.2) is 24.7 Å². The van der Waals surface area contributed by atoms with Gasteiger partial charge in [-0.25, -0.2) is 9.18 Å². The maximum Gasteiger partial charge on any atom is 0.337 e. The smallest absolute Gasteiger partial charge is 0.337 e. The minimum absolute atomic E-state index is 0.0375. The highest BCUT2D eigenvalue weighted by Gasteiger charge is 2.22. The Labute approximate surface area is 106 Å². The molecule has 0 bridgehead atoms. The maximum absolute atomic E-state index is 13.8. The van der Waals surface area contributed by atoms with Crippen LogP contribution in [0.3, 0.4) is 0 Å². The van der Waals surface area contributed by atoms with E-state index in [0.717, 1.165) is 19.4 Å². The standard InChI is InChI=1S/C14H18FNO2/c1-16(9-10-5-2-3-6-10)13-11(14(17)18)7-4-8-12(13)15/h4,7-8,10H,2-3,5-6,9H2,1H3,(H,17,18). The van der Waals surface area contributed by atoms with E-state index in [1.54, 1.807) is 11.9 Å². The van der Waals surface area contributed by atoms with Crippen molar-refractivity contribution in [2.45, 2.75) is 25.7 Å². The number of benzene rings is 1. The molecule has 3 nitrogen and oxygen atoms in total. The number of carboxylic acid groups (broad SMARTS) is 1. The van der Waals surface area contributed by atoms with Crippen LogP contribution in [0.1, 0.15) is 36.0 Å². The summed E-state index contributed by atoms with van der Waals surface area (Å²) in [6.45, 7) is 0.723. The van der Waals surface area contributed by atoms with Crippen LogP contribution >= 0.6 is 0 Å². The number of anilines is 1. The molecule has 0 aromatic heterocycles. The monoisotopic (exact) mass is 251 g/mol. The molecule has 0 saturated heterocycles. The van der Waals surface area contributed by atoms with E-state index in [2.05, 4.69) is 0 Å². The third kappa shape index (κ3) is 2.63. The molecule has 18 heavy (non-hydrogen) atoms. The first-order valence-corrected chi connectivity index (χ1v) is 6.32. The first-order valence-electron chi connectivity index (χ1n) is 6.32. The lowest BCUT2D eigenvalue weighted by Gasteiger charge is -2.24. The van der Waals surface area contributed by atoms with Crippen molar-refractivity contribution in [2.75, 3.05) is 18.5 Å². The molecule has 1 aliphatic carbocycles. The van der Waals surface area contributed by atoms with Gasteiger partial charge in [-0.1, -0.05) is 18.9 Å². The predicted molar refractivity (Wildman–Crippen MR) is 68.6 cm³/mol. The van der Waals surface area contributed by atoms with Gasteiger partial charge >= 0.3 is 5.97 Å². The zero-order valence-corrected chi connectivity index (χ0v) is 10.5. The summed E-state index contributed by atoms with van der Waals surface area (Å²) in [4.78, 5) is 12.9. The molecule has 1 aromatic rings. The van der Waals surface area contributed by atoms with Gasteiger partial charge in [0.25, 0.3) is 0 Å². The zero-order valence-electron chi connectivity index (χ0n) is 10.5. The van der Waals surface area contributed by atoms with Crippen LogP contribution in [0.2, 0.25) is 0 Å². The summed E-state index contributed by atoms with van der Waals surface area (Å²) in [7, 11) is 1.77. The Morgan fingerprint density at radius 1 is 1.44 bits per heavy atom. The fourth-order valence-corrected chi connectivity index (χ4v) is 2.75. The van der Waals surface area contributed by atoms with Gasteiger partial charge in [-0.05, 0) is 30.9 Å². The molecule has 0 spiro atoms. The van der Waals surface area contributed by atoms with Gasteiger partial charge in [0, 0.05) is 13.6 Å². The van der Waals surface area contributed by atoms with E-state index in [1.807, 2.05) is 0 Å². The van der Waals surface area contributed by atoms with Crippen LogP contribution in [0, 0.1) is 11.7 Å².